The van der Waals surface area contributed by atoms with Crippen molar-refractivity contribution in [2.24, 2.45) is 17.8 Å². The smallest absolute Gasteiger partial charge is 0.157 e. The average molecular weight is 256 g/mol. The molecule has 0 saturated heterocycles. The Kier molecular flexibility index (Phi) is 2.50. The Balaban J connectivity index is 1.55. The lowest BCUT2D eigenvalue weighted by molar-refractivity contribution is 0.427. The van der Waals surface area contributed by atoms with Crippen molar-refractivity contribution in [3.05, 3.63) is 24.0 Å². The van der Waals surface area contributed by atoms with Crippen LogP contribution in [0.1, 0.15) is 31.2 Å². The lowest BCUT2D eigenvalue weighted by Gasteiger charge is -2.17. The number of aryl methyl sites for hydroxylation is 1. The molecule has 100 valence electrons. The summed E-state index contributed by atoms with van der Waals surface area (Å²) < 4.78 is 1.91. The van der Waals surface area contributed by atoms with Gasteiger partial charge in [-0.3, -0.25) is 0 Å². The van der Waals surface area contributed by atoms with Gasteiger partial charge in [0, 0.05) is 6.54 Å². The first-order valence-electron chi connectivity index (χ1n) is 7.35. The summed E-state index contributed by atoms with van der Waals surface area (Å²) in [5, 5.41) is 7.92. The van der Waals surface area contributed by atoms with Crippen molar-refractivity contribution < 1.29 is 0 Å². The molecule has 2 aromatic rings. The summed E-state index contributed by atoms with van der Waals surface area (Å²) >= 11 is 0. The Bertz CT molecular complexity index is 583. The summed E-state index contributed by atoms with van der Waals surface area (Å²) in [6.45, 7) is 3.20. The molecule has 0 amide bonds. The highest BCUT2D eigenvalue weighted by Gasteiger charge is 2.41. The first-order valence-corrected chi connectivity index (χ1v) is 7.35. The van der Waals surface area contributed by atoms with Gasteiger partial charge in [-0.25, -0.2) is 4.98 Å². The molecule has 1 N–H and O–H groups in total. The van der Waals surface area contributed by atoms with Crippen molar-refractivity contribution in [2.75, 3.05) is 11.9 Å². The minimum absolute atomic E-state index is 0.874. The molecular formula is C15H20N4. The molecule has 0 aliphatic heterocycles. The minimum Gasteiger partial charge on any atom is -0.370 e. The van der Waals surface area contributed by atoms with E-state index in [1.165, 1.54) is 31.2 Å². The highest BCUT2D eigenvalue weighted by Crippen LogP contribution is 2.49. The molecule has 2 saturated carbocycles. The molecule has 4 nitrogen and oxygen atoms in total. The Hall–Kier alpha value is -1.58. The molecular weight excluding hydrogens is 236 g/mol. The zero-order chi connectivity index (χ0) is 12.8. The average Bonchev–Trinajstić information content (AvgIpc) is 3.30. The molecule has 0 radical (unpaired) electrons. The molecule has 0 spiro atoms. The molecule has 19 heavy (non-hydrogen) atoms. The van der Waals surface area contributed by atoms with E-state index in [4.69, 9.17) is 0 Å². The Labute approximate surface area is 113 Å². The zero-order valence-electron chi connectivity index (χ0n) is 11.3. The maximum absolute atomic E-state index is 4.30. The normalized spacial score (nSPS) is 19.3. The second-order valence-electron chi connectivity index (χ2n) is 6.17. The second kappa shape index (κ2) is 4.22. The maximum atomic E-state index is 4.30. The van der Waals surface area contributed by atoms with Gasteiger partial charge in [-0.05, 0) is 68.1 Å². The van der Waals surface area contributed by atoms with Gasteiger partial charge in [-0.1, -0.05) is 0 Å². The Morgan fingerprint density at radius 2 is 2.00 bits per heavy atom. The van der Waals surface area contributed by atoms with Gasteiger partial charge in [0.15, 0.2) is 5.65 Å². The number of aromatic nitrogens is 3. The van der Waals surface area contributed by atoms with Gasteiger partial charge in [0.25, 0.3) is 0 Å². The molecule has 0 atom stereocenters. The van der Waals surface area contributed by atoms with E-state index in [2.05, 4.69) is 34.5 Å². The third kappa shape index (κ3) is 2.20. The minimum atomic E-state index is 0.874. The summed E-state index contributed by atoms with van der Waals surface area (Å²) in [6.07, 6.45) is 7.38. The summed E-state index contributed by atoms with van der Waals surface area (Å²) in [4.78, 5) is 4.27. The summed E-state index contributed by atoms with van der Waals surface area (Å²) in [5.41, 5.74) is 2.16. The van der Waals surface area contributed by atoms with Crippen molar-refractivity contribution in [3.63, 3.8) is 0 Å². The van der Waals surface area contributed by atoms with Crippen molar-refractivity contribution in [1.29, 1.82) is 0 Å². The topological polar surface area (TPSA) is 42.2 Å². The Morgan fingerprint density at radius 3 is 2.68 bits per heavy atom. The molecule has 0 bridgehead atoms. The van der Waals surface area contributed by atoms with Crippen LogP contribution in [-0.4, -0.2) is 21.1 Å². The molecule has 2 aliphatic carbocycles. The van der Waals surface area contributed by atoms with Crippen molar-refractivity contribution >= 4 is 11.5 Å². The highest BCUT2D eigenvalue weighted by molar-refractivity contribution is 5.51. The molecule has 4 rings (SSSR count). The molecule has 0 unspecified atom stereocenters. The van der Waals surface area contributed by atoms with Crippen molar-refractivity contribution in [1.82, 2.24) is 14.6 Å². The fourth-order valence-corrected chi connectivity index (χ4v) is 3.17. The SMILES string of the molecule is Cc1cc(NCC(C2CC2)C2CC2)n2ncnc2c1. The molecule has 2 aliphatic rings. The lowest BCUT2D eigenvalue weighted by atomic mass is 9.98. The second-order valence-corrected chi connectivity index (χ2v) is 6.17. The number of nitrogens with one attached hydrogen (secondary N) is 1. The molecule has 4 heteroatoms. The third-order valence-corrected chi connectivity index (χ3v) is 4.50. The number of anilines is 1. The lowest BCUT2D eigenvalue weighted by Crippen LogP contribution is -2.19. The quantitative estimate of drug-likeness (QED) is 0.894. The number of hydrogen-bond acceptors (Lipinski definition) is 3. The van der Waals surface area contributed by atoms with Gasteiger partial charge in [0.05, 0.1) is 0 Å². The summed E-state index contributed by atoms with van der Waals surface area (Å²) in [6, 6.07) is 4.23. The van der Waals surface area contributed by atoms with Crippen LogP contribution in [0.4, 0.5) is 5.82 Å². The van der Waals surface area contributed by atoms with E-state index in [0.717, 1.165) is 35.8 Å². The van der Waals surface area contributed by atoms with Crippen LogP contribution in [0.5, 0.6) is 0 Å². The number of fused-ring (bicyclic) bond motifs is 1. The van der Waals surface area contributed by atoms with E-state index in [1.807, 2.05) is 4.52 Å². The molecule has 2 heterocycles. The van der Waals surface area contributed by atoms with Crippen LogP contribution < -0.4 is 5.32 Å². The van der Waals surface area contributed by atoms with E-state index in [1.54, 1.807) is 6.33 Å². The molecule has 0 aromatic carbocycles. The van der Waals surface area contributed by atoms with Crippen LogP contribution in [0.25, 0.3) is 5.65 Å². The van der Waals surface area contributed by atoms with Gasteiger partial charge in [0.2, 0.25) is 0 Å². The van der Waals surface area contributed by atoms with Crippen molar-refractivity contribution in [3.8, 4) is 0 Å². The van der Waals surface area contributed by atoms with E-state index in [0.29, 0.717) is 0 Å². The number of hydrogen-bond donors (Lipinski definition) is 1. The van der Waals surface area contributed by atoms with E-state index >= 15 is 0 Å². The van der Waals surface area contributed by atoms with Crippen LogP contribution in [0.2, 0.25) is 0 Å². The van der Waals surface area contributed by atoms with Gasteiger partial charge < -0.3 is 5.32 Å². The van der Waals surface area contributed by atoms with E-state index in [9.17, 15) is 0 Å². The summed E-state index contributed by atoms with van der Waals surface area (Å²) in [5.74, 6) is 3.92. The maximum Gasteiger partial charge on any atom is 0.157 e. The van der Waals surface area contributed by atoms with Crippen LogP contribution in [0.3, 0.4) is 0 Å². The van der Waals surface area contributed by atoms with Crippen LogP contribution in [0.15, 0.2) is 18.5 Å². The van der Waals surface area contributed by atoms with Gasteiger partial charge in [-0.2, -0.15) is 9.61 Å². The number of rotatable bonds is 5. The number of nitrogens with zero attached hydrogens (tertiary/aromatic N) is 3. The monoisotopic (exact) mass is 256 g/mol. The Morgan fingerprint density at radius 1 is 1.26 bits per heavy atom. The fourth-order valence-electron chi connectivity index (χ4n) is 3.17. The summed E-state index contributed by atoms with van der Waals surface area (Å²) in [7, 11) is 0. The van der Waals surface area contributed by atoms with Gasteiger partial charge in [0.1, 0.15) is 12.1 Å². The third-order valence-electron chi connectivity index (χ3n) is 4.50. The largest absolute Gasteiger partial charge is 0.370 e. The van der Waals surface area contributed by atoms with Gasteiger partial charge >= 0.3 is 0 Å². The van der Waals surface area contributed by atoms with E-state index < -0.39 is 0 Å². The standard InChI is InChI=1S/C15H20N4/c1-10-6-14(19-15(7-10)17-9-18-19)16-8-13(11-2-3-11)12-4-5-12/h6-7,9,11-13,16H,2-5,8H2,1H3. The van der Waals surface area contributed by atoms with E-state index in [-0.39, 0.29) is 0 Å². The molecule has 2 fully saturated rings. The predicted molar refractivity (Wildman–Crippen MR) is 75.2 cm³/mol. The first kappa shape index (κ1) is 11.3. The fraction of sp³-hybridized carbons (Fsp3) is 0.600. The predicted octanol–water partition coefficient (Wildman–Crippen LogP) is 2.89. The van der Waals surface area contributed by atoms with Crippen LogP contribution in [0, 0.1) is 24.7 Å². The highest BCUT2D eigenvalue weighted by atomic mass is 15.3. The molecule has 2 aromatic heterocycles. The number of pyridine rings is 1. The zero-order valence-corrected chi connectivity index (χ0v) is 11.3. The van der Waals surface area contributed by atoms with Gasteiger partial charge in [-0.15, -0.1) is 0 Å². The van der Waals surface area contributed by atoms with Crippen molar-refractivity contribution in [2.45, 2.75) is 32.6 Å². The first-order chi connectivity index (χ1) is 9.31. The van der Waals surface area contributed by atoms with Crippen LogP contribution in [-0.2, 0) is 0 Å². The van der Waals surface area contributed by atoms with Crippen LogP contribution >= 0.6 is 0 Å².